The van der Waals surface area contributed by atoms with Gasteiger partial charge in [0.15, 0.2) is 0 Å². The molecule has 6 nitrogen and oxygen atoms in total. The summed E-state index contributed by atoms with van der Waals surface area (Å²) >= 11 is 5.94. The summed E-state index contributed by atoms with van der Waals surface area (Å²) in [6, 6.07) is 9.77. The highest BCUT2D eigenvalue weighted by Crippen LogP contribution is 2.28. The molecule has 0 aromatic heterocycles. The standard InChI is InChI=1S/C17H16ClN3O3/c1-24-15-5-3-11(18)8-14(15)21-17(23)20-12-4-2-10-6-7-19-16(22)13(10)9-12/h2-5,8-9H,6-7H2,1H3,(H,19,22)(H2,20,21,23). The van der Waals surface area contributed by atoms with E-state index in [1.54, 1.807) is 30.3 Å². The minimum absolute atomic E-state index is 0.128. The fourth-order valence-corrected chi connectivity index (χ4v) is 2.72. The molecule has 0 radical (unpaired) electrons. The molecule has 0 atom stereocenters. The Kier molecular flexibility index (Phi) is 4.57. The Labute approximate surface area is 144 Å². The number of benzene rings is 2. The highest BCUT2D eigenvalue weighted by molar-refractivity contribution is 6.31. The molecule has 3 N–H and O–H groups in total. The Balaban J connectivity index is 1.75. The van der Waals surface area contributed by atoms with Gasteiger partial charge in [0.1, 0.15) is 5.75 Å². The summed E-state index contributed by atoms with van der Waals surface area (Å²) in [5, 5.41) is 8.65. The van der Waals surface area contributed by atoms with Gasteiger partial charge in [-0.3, -0.25) is 4.79 Å². The Bertz CT molecular complexity index is 808. The van der Waals surface area contributed by atoms with Gasteiger partial charge in [0.25, 0.3) is 5.91 Å². The van der Waals surface area contributed by atoms with Crippen LogP contribution < -0.4 is 20.7 Å². The van der Waals surface area contributed by atoms with Gasteiger partial charge in [-0.25, -0.2) is 4.79 Å². The number of nitrogens with one attached hydrogen (secondary N) is 3. The van der Waals surface area contributed by atoms with Crippen LogP contribution in [0.25, 0.3) is 0 Å². The molecule has 0 fully saturated rings. The van der Waals surface area contributed by atoms with E-state index in [-0.39, 0.29) is 5.91 Å². The number of carbonyl (C=O) groups excluding carboxylic acids is 2. The summed E-state index contributed by atoms with van der Waals surface area (Å²) in [6.07, 6.45) is 0.785. The number of amides is 3. The number of methoxy groups -OCH3 is 1. The van der Waals surface area contributed by atoms with E-state index in [0.717, 1.165) is 12.0 Å². The van der Waals surface area contributed by atoms with E-state index < -0.39 is 6.03 Å². The number of urea groups is 1. The van der Waals surface area contributed by atoms with Crippen molar-refractivity contribution < 1.29 is 14.3 Å². The number of halogens is 1. The number of fused-ring (bicyclic) bond motifs is 1. The second kappa shape index (κ2) is 6.80. The predicted octanol–water partition coefficient (Wildman–Crippen LogP) is 3.28. The number of carbonyl (C=O) groups is 2. The van der Waals surface area contributed by atoms with Crippen molar-refractivity contribution in [1.82, 2.24) is 5.32 Å². The number of hydrogen-bond acceptors (Lipinski definition) is 3. The zero-order valence-corrected chi connectivity index (χ0v) is 13.7. The first-order valence-corrected chi connectivity index (χ1v) is 7.77. The quantitative estimate of drug-likeness (QED) is 0.798. The molecule has 0 saturated heterocycles. The van der Waals surface area contributed by atoms with Crippen molar-refractivity contribution >= 4 is 34.9 Å². The van der Waals surface area contributed by atoms with Gasteiger partial charge in [-0.1, -0.05) is 17.7 Å². The predicted molar refractivity (Wildman–Crippen MR) is 93.1 cm³/mol. The maximum Gasteiger partial charge on any atom is 0.323 e. The largest absolute Gasteiger partial charge is 0.495 e. The van der Waals surface area contributed by atoms with Crippen LogP contribution in [0.3, 0.4) is 0 Å². The van der Waals surface area contributed by atoms with Crippen LogP contribution in [-0.2, 0) is 6.42 Å². The normalized spacial score (nSPS) is 12.8. The van der Waals surface area contributed by atoms with Crippen LogP contribution in [0.4, 0.5) is 16.2 Å². The van der Waals surface area contributed by atoms with Crippen molar-refractivity contribution in [3.63, 3.8) is 0 Å². The lowest BCUT2D eigenvalue weighted by atomic mass is 10.00. The molecule has 24 heavy (non-hydrogen) atoms. The van der Waals surface area contributed by atoms with E-state index in [1.807, 2.05) is 6.07 Å². The first-order chi connectivity index (χ1) is 11.6. The first kappa shape index (κ1) is 16.1. The van der Waals surface area contributed by atoms with Crippen molar-refractivity contribution in [2.75, 3.05) is 24.3 Å². The maximum atomic E-state index is 12.2. The lowest BCUT2D eigenvalue weighted by Gasteiger charge is -2.17. The molecule has 1 aliphatic heterocycles. The van der Waals surface area contributed by atoms with Crippen LogP contribution in [0, 0.1) is 0 Å². The van der Waals surface area contributed by atoms with Crippen LogP contribution in [0.1, 0.15) is 15.9 Å². The maximum absolute atomic E-state index is 12.2. The van der Waals surface area contributed by atoms with Crippen LogP contribution in [0.15, 0.2) is 36.4 Å². The van der Waals surface area contributed by atoms with Gasteiger partial charge in [0.05, 0.1) is 12.8 Å². The van der Waals surface area contributed by atoms with Gasteiger partial charge >= 0.3 is 6.03 Å². The molecule has 2 aromatic carbocycles. The molecular weight excluding hydrogens is 330 g/mol. The molecule has 124 valence electrons. The highest BCUT2D eigenvalue weighted by Gasteiger charge is 2.17. The van der Waals surface area contributed by atoms with Crippen molar-refractivity contribution in [2.24, 2.45) is 0 Å². The summed E-state index contributed by atoms with van der Waals surface area (Å²) in [4.78, 5) is 24.1. The van der Waals surface area contributed by atoms with Gasteiger partial charge < -0.3 is 20.7 Å². The molecule has 0 bridgehead atoms. The zero-order chi connectivity index (χ0) is 17.1. The average Bonchev–Trinajstić information content (AvgIpc) is 2.56. The second-order valence-corrected chi connectivity index (χ2v) is 5.74. The van der Waals surface area contributed by atoms with E-state index in [1.165, 1.54) is 7.11 Å². The van der Waals surface area contributed by atoms with Gasteiger partial charge in [0, 0.05) is 22.8 Å². The molecule has 1 heterocycles. The molecule has 0 spiro atoms. The number of anilines is 2. The Morgan fingerprint density at radius 1 is 1.21 bits per heavy atom. The Morgan fingerprint density at radius 3 is 2.83 bits per heavy atom. The smallest absolute Gasteiger partial charge is 0.323 e. The fourth-order valence-electron chi connectivity index (χ4n) is 2.55. The number of hydrogen-bond donors (Lipinski definition) is 3. The van der Waals surface area contributed by atoms with Crippen molar-refractivity contribution in [3.05, 3.63) is 52.5 Å². The van der Waals surface area contributed by atoms with E-state index in [4.69, 9.17) is 16.3 Å². The summed E-state index contributed by atoms with van der Waals surface area (Å²) in [5.41, 5.74) is 2.54. The number of ether oxygens (including phenoxy) is 1. The second-order valence-electron chi connectivity index (χ2n) is 5.30. The monoisotopic (exact) mass is 345 g/mol. The fraction of sp³-hybridized carbons (Fsp3) is 0.176. The summed E-state index contributed by atoms with van der Waals surface area (Å²) in [6.45, 7) is 0.633. The molecule has 0 unspecified atom stereocenters. The lowest BCUT2D eigenvalue weighted by Crippen LogP contribution is -2.32. The van der Waals surface area contributed by atoms with Crippen molar-refractivity contribution in [1.29, 1.82) is 0 Å². The third-order valence-corrected chi connectivity index (χ3v) is 3.94. The minimum Gasteiger partial charge on any atom is -0.495 e. The Morgan fingerprint density at radius 2 is 2.04 bits per heavy atom. The van der Waals surface area contributed by atoms with Gasteiger partial charge in [-0.2, -0.15) is 0 Å². The summed E-state index contributed by atoms with van der Waals surface area (Å²) in [7, 11) is 1.51. The van der Waals surface area contributed by atoms with Crippen molar-refractivity contribution in [2.45, 2.75) is 6.42 Å². The molecule has 7 heteroatoms. The molecule has 1 aliphatic rings. The summed E-state index contributed by atoms with van der Waals surface area (Å²) < 4.78 is 5.19. The molecule has 0 saturated carbocycles. The first-order valence-electron chi connectivity index (χ1n) is 7.39. The average molecular weight is 346 g/mol. The third-order valence-electron chi connectivity index (χ3n) is 3.70. The van der Waals surface area contributed by atoms with Crippen LogP contribution >= 0.6 is 11.6 Å². The molecule has 0 aliphatic carbocycles. The zero-order valence-electron chi connectivity index (χ0n) is 13.0. The van der Waals surface area contributed by atoms with Gasteiger partial charge in [0.2, 0.25) is 0 Å². The molecule has 3 amide bonds. The van der Waals surface area contributed by atoms with Gasteiger partial charge in [-0.05, 0) is 42.3 Å². The van der Waals surface area contributed by atoms with Crippen LogP contribution in [-0.4, -0.2) is 25.6 Å². The van der Waals surface area contributed by atoms with E-state index in [9.17, 15) is 9.59 Å². The molecular formula is C17H16ClN3O3. The van der Waals surface area contributed by atoms with E-state index >= 15 is 0 Å². The topological polar surface area (TPSA) is 79.5 Å². The van der Waals surface area contributed by atoms with Crippen LogP contribution in [0.5, 0.6) is 5.75 Å². The molecule has 3 rings (SSSR count). The lowest BCUT2D eigenvalue weighted by molar-refractivity contribution is 0.0946. The highest BCUT2D eigenvalue weighted by atomic mass is 35.5. The van der Waals surface area contributed by atoms with Gasteiger partial charge in [-0.15, -0.1) is 0 Å². The number of rotatable bonds is 3. The van der Waals surface area contributed by atoms with E-state index in [0.29, 0.717) is 34.3 Å². The van der Waals surface area contributed by atoms with Crippen molar-refractivity contribution in [3.8, 4) is 5.75 Å². The van der Waals surface area contributed by atoms with E-state index in [2.05, 4.69) is 16.0 Å². The summed E-state index contributed by atoms with van der Waals surface area (Å²) in [5.74, 6) is 0.371. The third kappa shape index (κ3) is 3.44. The molecule has 2 aromatic rings. The Hall–Kier alpha value is -2.73. The SMILES string of the molecule is COc1ccc(Cl)cc1NC(=O)Nc1ccc2c(c1)C(=O)NCC2. The van der Waals surface area contributed by atoms with Crippen LogP contribution in [0.2, 0.25) is 5.02 Å². The minimum atomic E-state index is -0.452.